The van der Waals surface area contributed by atoms with Crippen molar-refractivity contribution >= 4 is 11.9 Å². The molecule has 3 rings (SSSR count). The standard InChI is InChI=1S/C24H39N5O3/c1-5-25-24(26-18-20-9-10-21(31-4)22(17-20)32-6-2)29-15-13-27(14-16-29)19(3)23(30)28-11-7-8-12-28/h9-10,17,19H,5-8,11-16,18H2,1-4H3,(H,25,26). The van der Waals surface area contributed by atoms with E-state index in [1.54, 1.807) is 7.11 Å². The van der Waals surface area contributed by atoms with Gasteiger partial charge in [0.15, 0.2) is 17.5 Å². The van der Waals surface area contributed by atoms with Crippen LogP contribution in [0.3, 0.4) is 0 Å². The lowest BCUT2D eigenvalue weighted by Gasteiger charge is -2.39. The van der Waals surface area contributed by atoms with E-state index < -0.39 is 0 Å². The number of carbonyl (C=O) groups excluding carboxylic acids is 1. The van der Waals surface area contributed by atoms with Crippen molar-refractivity contribution < 1.29 is 14.3 Å². The van der Waals surface area contributed by atoms with E-state index in [1.807, 2.05) is 30.0 Å². The molecule has 2 heterocycles. The fraction of sp³-hybridized carbons (Fsp3) is 0.667. The minimum atomic E-state index is -0.0499. The molecule has 0 saturated carbocycles. The number of piperazine rings is 1. The predicted octanol–water partition coefficient (Wildman–Crippen LogP) is 2.19. The smallest absolute Gasteiger partial charge is 0.239 e. The first-order valence-electron chi connectivity index (χ1n) is 11.9. The van der Waals surface area contributed by atoms with Crippen LogP contribution in [0.1, 0.15) is 39.2 Å². The minimum Gasteiger partial charge on any atom is -0.493 e. The molecule has 1 unspecified atom stereocenters. The average molecular weight is 446 g/mol. The average Bonchev–Trinajstić information content (AvgIpc) is 3.36. The van der Waals surface area contributed by atoms with Gasteiger partial charge in [0, 0.05) is 45.8 Å². The molecule has 1 N–H and O–H groups in total. The van der Waals surface area contributed by atoms with Crippen LogP contribution in [-0.2, 0) is 11.3 Å². The normalized spacial score (nSPS) is 18.6. The third-order valence-electron chi connectivity index (χ3n) is 6.21. The maximum atomic E-state index is 12.8. The number of likely N-dealkylation sites (tertiary alicyclic amines) is 1. The van der Waals surface area contributed by atoms with E-state index in [-0.39, 0.29) is 11.9 Å². The molecule has 0 spiro atoms. The highest BCUT2D eigenvalue weighted by Crippen LogP contribution is 2.28. The molecule has 0 aliphatic carbocycles. The van der Waals surface area contributed by atoms with Crippen LogP contribution in [0.5, 0.6) is 11.5 Å². The van der Waals surface area contributed by atoms with Crippen LogP contribution in [0.2, 0.25) is 0 Å². The van der Waals surface area contributed by atoms with E-state index in [1.165, 1.54) is 0 Å². The Morgan fingerprint density at radius 1 is 1.06 bits per heavy atom. The molecular weight excluding hydrogens is 406 g/mol. The Morgan fingerprint density at radius 3 is 2.41 bits per heavy atom. The van der Waals surface area contributed by atoms with Crippen molar-refractivity contribution in [2.24, 2.45) is 4.99 Å². The van der Waals surface area contributed by atoms with Crippen LogP contribution >= 0.6 is 0 Å². The Labute approximate surface area is 192 Å². The third kappa shape index (κ3) is 6.06. The second-order valence-electron chi connectivity index (χ2n) is 8.32. The summed E-state index contributed by atoms with van der Waals surface area (Å²) in [6.07, 6.45) is 2.27. The molecule has 1 atom stereocenters. The van der Waals surface area contributed by atoms with Gasteiger partial charge in [-0.05, 0) is 51.3 Å². The lowest BCUT2D eigenvalue weighted by Crippen LogP contribution is -2.57. The molecule has 8 nitrogen and oxygen atoms in total. The van der Waals surface area contributed by atoms with Crippen molar-refractivity contribution in [2.45, 2.75) is 46.2 Å². The molecule has 2 saturated heterocycles. The predicted molar refractivity (Wildman–Crippen MR) is 127 cm³/mol. The number of carbonyl (C=O) groups is 1. The van der Waals surface area contributed by atoms with Gasteiger partial charge in [0.25, 0.3) is 0 Å². The van der Waals surface area contributed by atoms with Gasteiger partial charge in [0.2, 0.25) is 5.91 Å². The molecule has 2 aliphatic heterocycles. The number of aliphatic imine (C=N–C) groups is 1. The number of hydrogen-bond donors (Lipinski definition) is 1. The highest BCUT2D eigenvalue weighted by atomic mass is 16.5. The van der Waals surface area contributed by atoms with Crippen molar-refractivity contribution in [1.82, 2.24) is 20.0 Å². The van der Waals surface area contributed by atoms with E-state index in [2.05, 4.69) is 29.0 Å². The topological polar surface area (TPSA) is 69.6 Å². The number of hydrogen-bond acceptors (Lipinski definition) is 5. The van der Waals surface area contributed by atoms with Crippen molar-refractivity contribution in [3.05, 3.63) is 23.8 Å². The fourth-order valence-corrected chi connectivity index (χ4v) is 4.36. The first-order chi connectivity index (χ1) is 15.6. The van der Waals surface area contributed by atoms with Crippen LogP contribution in [-0.4, -0.2) is 92.1 Å². The molecular formula is C24H39N5O3. The minimum absolute atomic E-state index is 0.0499. The van der Waals surface area contributed by atoms with Gasteiger partial charge in [-0.25, -0.2) is 4.99 Å². The summed E-state index contributed by atoms with van der Waals surface area (Å²) in [6, 6.07) is 5.91. The Morgan fingerprint density at radius 2 is 1.78 bits per heavy atom. The number of amides is 1. The molecule has 0 aromatic heterocycles. The van der Waals surface area contributed by atoms with Crippen LogP contribution in [0.15, 0.2) is 23.2 Å². The number of nitrogens with zero attached hydrogens (tertiary/aromatic N) is 4. The van der Waals surface area contributed by atoms with Crippen molar-refractivity contribution in [2.75, 3.05) is 59.5 Å². The molecule has 1 aromatic carbocycles. The maximum Gasteiger partial charge on any atom is 0.239 e. The molecule has 32 heavy (non-hydrogen) atoms. The third-order valence-corrected chi connectivity index (χ3v) is 6.21. The summed E-state index contributed by atoms with van der Waals surface area (Å²) in [4.78, 5) is 24.2. The molecule has 8 heteroatoms. The molecule has 0 radical (unpaired) electrons. The molecule has 2 fully saturated rings. The fourth-order valence-electron chi connectivity index (χ4n) is 4.36. The highest BCUT2D eigenvalue weighted by Gasteiger charge is 2.30. The van der Waals surface area contributed by atoms with Crippen molar-refractivity contribution in [3.63, 3.8) is 0 Å². The van der Waals surface area contributed by atoms with Crippen LogP contribution < -0.4 is 14.8 Å². The van der Waals surface area contributed by atoms with E-state index in [0.29, 0.717) is 13.2 Å². The van der Waals surface area contributed by atoms with Gasteiger partial charge in [0.1, 0.15) is 0 Å². The zero-order chi connectivity index (χ0) is 22.9. The SMILES string of the molecule is CCNC(=NCc1ccc(OC)c(OCC)c1)N1CCN(C(C)C(=O)N2CCCC2)CC1. The lowest BCUT2D eigenvalue weighted by molar-refractivity contribution is -0.135. The number of methoxy groups -OCH3 is 1. The first-order valence-corrected chi connectivity index (χ1v) is 11.9. The Bertz CT molecular complexity index is 771. The van der Waals surface area contributed by atoms with Gasteiger partial charge in [-0.15, -0.1) is 0 Å². The Kier molecular flexibility index (Phi) is 9.02. The molecule has 1 amide bonds. The van der Waals surface area contributed by atoms with E-state index in [9.17, 15) is 4.79 Å². The number of rotatable bonds is 8. The summed E-state index contributed by atoms with van der Waals surface area (Å²) in [5.41, 5.74) is 1.08. The van der Waals surface area contributed by atoms with E-state index in [0.717, 1.165) is 81.7 Å². The van der Waals surface area contributed by atoms with Gasteiger partial charge in [-0.3, -0.25) is 9.69 Å². The van der Waals surface area contributed by atoms with Crippen LogP contribution in [0, 0.1) is 0 Å². The Balaban J connectivity index is 1.59. The summed E-state index contributed by atoms with van der Waals surface area (Å²) >= 11 is 0. The lowest BCUT2D eigenvalue weighted by atomic mass is 10.2. The summed E-state index contributed by atoms with van der Waals surface area (Å²) in [7, 11) is 1.65. The zero-order valence-electron chi connectivity index (χ0n) is 20.1. The summed E-state index contributed by atoms with van der Waals surface area (Å²) in [5, 5.41) is 3.42. The molecule has 178 valence electrons. The van der Waals surface area contributed by atoms with Crippen molar-refractivity contribution in [3.8, 4) is 11.5 Å². The quantitative estimate of drug-likeness (QED) is 0.489. The largest absolute Gasteiger partial charge is 0.493 e. The number of ether oxygens (including phenoxy) is 2. The number of benzene rings is 1. The van der Waals surface area contributed by atoms with Crippen molar-refractivity contribution in [1.29, 1.82) is 0 Å². The summed E-state index contributed by atoms with van der Waals surface area (Å²) in [5.74, 6) is 2.68. The second-order valence-corrected chi connectivity index (χ2v) is 8.32. The zero-order valence-corrected chi connectivity index (χ0v) is 20.1. The Hall–Kier alpha value is -2.48. The number of nitrogens with one attached hydrogen (secondary N) is 1. The van der Waals surface area contributed by atoms with Gasteiger partial charge in [0.05, 0.1) is 26.3 Å². The summed E-state index contributed by atoms with van der Waals surface area (Å²) < 4.78 is 11.1. The van der Waals surface area contributed by atoms with Gasteiger partial charge >= 0.3 is 0 Å². The van der Waals surface area contributed by atoms with E-state index >= 15 is 0 Å². The van der Waals surface area contributed by atoms with E-state index in [4.69, 9.17) is 14.5 Å². The van der Waals surface area contributed by atoms with Crippen LogP contribution in [0.4, 0.5) is 0 Å². The molecule has 1 aromatic rings. The maximum absolute atomic E-state index is 12.8. The van der Waals surface area contributed by atoms with Gasteiger partial charge in [-0.2, -0.15) is 0 Å². The second kappa shape index (κ2) is 11.9. The van der Waals surface area contributed by atoms with Gasteiger partial charge < -0.3 is 24.6 Å². The number of guanidine groups is 1. The first kappa shape index (κ1) is 24.2. The monoisotopic (exact) mass is 445 g/mol. The summed E-state index contributed by atoms with van der Waals surface area (Å²) in [6.45, 7) is 13.3. The molecule has 0 bridgehead atoms. The van der Waals surface area contributed by atoms with Gasteiger partial charge in [-0.1, -0.05) is 6.07 Å². The molecule has 2 aliphatic rings. The highest BCUT2D eigenvalue weighted by molar-refractivity contribution is 5.82. The van der Waals surface area contributed by atoms with Crippen LogP contribution in [0.25, 0.3) is 0 Å².